The quantitative estimate of drug-likeness (QED) is 0.326. The average Bonchev–Trinajstić information content (AvgIpc) is 3.23. The van der Waals surface area contributed by atoms with Crippen LogP contribution in [-0.4, -0.2) is 26.6 Å². The minimum atomic E-state index is -0.563. The summed E-state index contributed by atoms with van der Waals surface area (Å²) >= 11 is 4.23. The molecule has 2 heterocycles. The molecule has 1 N–H and O–H groups in total. The number of aromatic hydroxyl groups is 1. The number of Topliss-reactive ketones (excluding diaryl/α,β-unsaturated/α-hetero) is 1. The Bertz CT molecular complexity index is 1300. The van der Waals surface area contributed by atoms with Gasteiger partial charge in [0.2, 0.25) is 5.88 Å². The first-order valence-electron chi connectivity index (χ1n) is 8.59. The number of halogens is 1. The molecule has 0 unspecified atom stereocenters. The number of hydrogen-bond donors (Lipinski definition) is 1. The van der Waals surface area contributed by atoms with E-state index in [1.165, 1.54) is 24.3 Å². The fourth-order valence-corrected chi connectivity index (χ4v) is 4.17. The normalized spacial score (nSPS) is 13.6. The number of nitrogens with zero attached hydrogens (tertiary/aromatic N) is 3. The summed E-state index contributed by atoms with van der Waals surface area (Å²) in [5, 5.41) is 21.2. The Hall–Kier alpha value is -3.37. The van der Waals surface area contributed by atoms with Gasteiger partial charge in [0.25, 0.3) is 5.69 Å². The highest BCUT2D eigenvalue weighted by Gasteiger charge is 2.19. The van der Waals surface area contributed by atoms with Crippen LogP contribution >= 0.6 is 27.3 Å². The third-order valence-electron chi connectivity index (χ3n) is 4.49. The van der Waals surface area contributed by atoms with Gasteiger partial charge in [0.1, 0.15) is 0 Å². The number of carbonyl (C=O) groups excluding carboxylic acids is 1. The van der Waals surface area contributed by atoms with Gasteiger partial charge >= 0.3 is 4.87 Å². The number of rotatable bonds is 5. The maximum absolute atomic E-state index is 12.5. The summed E-state index contributed by atoms with van der Waals surface area (Å²) in [6.45, 7) is -0.377. The van der Waals surface area contributed by atoms with Crippen molar-refractivity contribution in [2.75, 3.05) is 0 Å². The molecule has 8 nitrogen and oxygen atoms in total. The third-order valence-corrected chi connectivity index (χ3v) is 5.90. The lowest BCUT2D eigenvalue weighted by molar-refractivity contribution is -0.384. The zero-order valence-electron chi connectivity index (χ0n) is 15.1. The maximum atomic E-state index is 12.5. The van der Waals surface area contributed by atoms with Crippen LogP contribution in [0.5, 0.6) is 5.88 Å². The van der Waals surface area contributed by atoms with Crippen molar-refractivity contribution in [3.05, 3.63) is 82.7 Å². The Kier molecular flexibility index (Phi) is 5.18. The molecular weight excluding hydrogens is 474 g/mol. The van der Waals surface area contributed by atoms with Crippen LogP contribution in [0.2, 0.25) is 0 Å². The van der Waals surface area contributed by atoms with E-state index in [0.717, 1.165) is 37.2 Å². The first kappa shape index (κ1) is 19.9. The maximum Gasteiger partial charge on any atom is 0.311 e. The van der Waals surface area contributed by atoms with Crippen molar-refractivity contribution >= 4 is 62.3 Å². The third kappa shape index (κ3) is 3.74. The molecule has 0 fully saturated rings. The van der Waals surface area contributed by atoms with Gasteiger partial charge in [-0.05, 0) is 36.4 Å². The number of aromatic nitrogens is 1. The van der Waals surface area contributed by atoms with Gasteiger partial charge in [0.05, 0.1) is 22.0 Å². The summed E-state index contributed by atoms with van der Waals surface area (Å²) in [4.78, 5) is 39.1. The molecule has 0 atom stereocenters. The van der Waals surface area contributed by atoms with Crippen molar-refractivity contribution < 1.29 is 14.8 Å². The fourth-order valence-electron chi connectivity index (χ4n) is 2.97. The zero-order chi connectivity index (χ0) is 21.4. The summed E-state index contributed by atoms with van der Waals surface area (Å²) < 4.78 is 1.86. The van der Waals surface area contributed by atoms with Crippen molar-refractivity contribution in [3.8, 4) is 5.88 Å². The van der Waals surface area contributed by atoms with Crippen molar-refractivity contribution in [3.63, 3.8) is 0 Å². The van der Waals surface area contributed by atoms with Crippen molar-refractivity contribution in [2.24, 2.45) is 4.99 Å². The van der Waals surface area contributed by atoms with Gasteiger partial charge in [0.15, 0.2) is 5.78 Å². The van der Waals surface area contributed by atoms with Crippen LogP contribution in [-0.2, 0) is 6.54 Å². The van der Waals surface area contributed by atoms with Crippen LogP contribution in [0.1, 0.15) is 20.8 Å². The van der Waals surface area contributed by atoms with Crippen LogP contribution in [0.15, 0.2) is 56.7 Å². The lowest BCUT2D eigenvalue weighted by atomic mass is 10.1. The predicted octanol–water partition coefficient (Wildman–Crippen LogP) is 4.43. The second kappa shape index (κ2) is 7.81. The molecule has 1 aliphatic heterocycles. The molecule has 0 bridgehead atoms. The van der Waals surface area contributed by atoms with Crippen LogP contribution in [0.25, 0.3) is 11.6 Å². The van der Waals surface area contributed by atoms with Gasteiger partial charge in [-0.2, -0.15) is 0 Å². The molecule has 0 aliphatic carbocycles. The van der Waals surface area contributed by atoms with E-state index in [-0.39, 0.29) is 23.7 Å². The molecule has 0 spiro atoms. The molecule has 10 heteroatoms. The summed E-state index contributed by atoms with van der Waals surface area (Å²) in [6.07, 6.45) is 3.29. The van der Waals surface area contributed by atoms with E-state index in [9.17, 15) is 24.8 Å². The number of nitro groups is 1. The van der Waals surface area contributed by atoms with Crippen LogP contribution in [0.3, 0.4) is 0 Å². The lowest BCUT2D eigenvalue weighted by Gasteiger charge is -2.04. The van der Waals surface area contributed by atoms with Gasteiger partial charge in [-0.1, -0.05) is 27.3 Å². The first-order chi connectivity index (χ1) is 14.3. The second-order valence-electron chi connectivity index (χ2n) is 6.39. The van der Waals surface area contributed by atoms with Gasteiger partial charge < -0.3 is 5.11 Å². The monoisotopic (exact) mass is 485 g/mol. The number of ketones is 1. The Balaban J connectivity index is 1.61. The van der Waals surface area contributed by atoms with Crippen molar-refractivity contribution in [1.82, 2.24) is 4.57 Å². The number of benzene rings is 2. The molecular formula is C20H12BrN3O5S. The minimum Gasteiger partial charge on any atom is -0.493 e. The second-order valence-corrected chi connectivity index (χ2v) is 8.30. The SMILES string of the molecule is O=C(Cn1c(O)c(C=C2C=Nc3ccc(Br)cc32)sc1=O)c1ccc([N+](=O)[O-])cc1. The predicted molar refractivity (Wildman–Crippen MR) is 118 cm³/mol. The summed E-state index contributed by atoms with van der Waals surface area (Å²) in [7, 11) is 0. The highest BCUT2D eigenvalue weighted by molar-refractivity contribution is 9.10. The molecule has 0 amide bonds. The largest absolute Gasteiger partial charge is 0.493 e. The van der Waals surface area contributed by atoms with E-state index in [2.05, 4.69) is 20.9 Å². The smallest absolute Gasteiger partial charge is 0.311 e. The Morgan fingerprint density at radius 3 is 2.70 bits per heavy atom. The first-order valence-corrected chi connectivity index (χ1v) is 10.2. The van der Waals surface area contributed by atoms with E-state index in [4.69, 9.17) is 0 Å². The van der Waals surface area contributed by atoms with E-state index >= 15 is 0 Å². The number of non-ortho nitro benzene ring substituents is 1. The molecule has 0 saturated carbocycles. The average molecular weight is 486 g/mol. The molecule has 3 aromatic rings. The van der Waals surface area contributed by atoms with E-state index < -0.39 is 15.6 Å². The van der Waals surface area contributed by atoms with Crippen molar-refractivity contribution in [2.45, 2.75) is 6.54 Å². The number of nitro benzene ring substituents is 1. The molecule has 0 saturated heterocycles. The summed E-state index contributed by atoms with van der Waals surface area (Å²) in [5.74, 6) is -0.763. The van der Waals surface area contributed by atoms with Crippen molar-refractivity contribution in [1.29, 1.82) is 0 Å². The van der Waals surface area contributed by atoms with Crippen LogP contribution < -0.4 is 4.87 Å². The molecule has 30 heavy (non-hydrogen) atoms. The van der Waals surface area contributed by atoms with E-state index in [1.54, 1.807) is 12.3 Å². The summed E-state index contributed by atoms with van der Waals surface area (Å²) in [6, 6.07) is 10.7. The molecule has 2 aromatic carbocycles. The number of allylic oxidation sites excluding steroid dienone is 1. The molecule has 1 aromatic heterocycles. The van der Waals surface area contributed by atoms with Gasteiger partial charge in [0, 0.05) is 39.5 Å². The number of carbonyl (C=O) groups is 1. The molecule has 0 radical (unpaired) electrons. The molecule has 1 aliphatic rings. The van der Waals surface area contributed by atoms with Crippen LogP contribution in [0, 0.1) is 10.1 Å². The number of aliphatic imine (C=N–C) groups is 1. The Morgan fingerprint density at radius 2 is 2.00 bits per heavy atom. The number of hydrogen-bond acceptors (Lipinski definition) is 7. The van der Waals surface area contributed by atoms with E-state index in [0.29, 0.717) is 4.88 Å². The molecule has 4 rings (SSSR count). The fraction of sp³-hybridized carbons (Fsp3) is 0.0500. The Morgan fingerprint density at radius 1 is 1.27 bits per heavy atom. The lowest BCUT2D eigenvalue weighted by Crippen LogP contribution is -2.19. The van der Waals surface area contributed by atoms with Gasteiger partial charge in [-0.25, -0.2) is 0 Å². The standard InChI is InChI=1S/C20H12BrN3O5S/c21-13-3-6-16-15(8-13)12(9-22-16)7-18-19(26)23(20(27)30-18)10-17(25)11-1-4-14(5-2-11)24(28)29/h1-9,26H,10H2. The minimum absolute atomic E-state index is 0.138. The summed E-state index contributed by atoms with van der Waals surface area (Å²) in [5.41, 5.74) is 2.44. The Labute approximate surface area is 181 Å². The zero-order valence-corrected chi connectivity index (χ0v) is 17.5. The van der Waals surface area contributed by atoms with E-state index in [1.807, 2.05) is 18.2 Å². The number of thiazole rings is 1. The number of fused-ring (bicyclic) bond motifs is 1. The molecule has 150 valence electrons. The van der Waals surface area contributed by atoms with Gasteiger partial charge in [-0.15, -0.1) is 0 Å². The topological polar surface area (TPSA) is 115 Å². The van der Waals surface area contributed by atoms with Crippen LogP contribution in [0.4, 0.5) is 11.4 Å². The highest BCUT2D eigenvalue weighted by atomic mass is 79.9. The van der Waals surface area contributed by atoms with Gasteiger partial charge in [-0.3, -0.25) is 29.3 Å². The highest BCUT2D eigenvalue weighted by Crippen LogP contribution is 2.36.